The van der Waals surface area contributed by atoms with Crippen LogP contribution < -0.4 is 9.62 Å². The number of hydrogen-bond donors (Lipinski definition) is 1. The van der Waals surface area contributed by atoms with E-state index in [1.807, 2.05) is 37.3 Å². The molecule has 1 amide bonds. The summed E-state index contributed by atoms with van der Waals surface area (Å²) in [7, 11) is -3.73. The second-order valence-electron chi connectivity index (χ2n) is 6.22. The van der Waals surface area contributed by atoms with Crippen molar-refractivity contribution in [2.45, 2.75) is 32.4 Å². The lowest BCUT2D eigenvalue weighted by Gasteiger charge is -2.31. The van der Waals surface area contributed by atoms with Gasteiger partial charge in [-0.1, -0.05) is 60.5 Å². The third-order valence-corrected chi connectivity index (χ3v) is 6.06. The summed E-state index contributed by atoms with van der Waals surface area (Å²) >= 11 is 12.0. The van der Waals surface area contributed by atoms with Gasteiger partial charge in [0.05, 0.1) is 28.0 Å². The van der Waals surface area contributed by atoms with E-state index < -0.39 is 16.1 Å². The highest BCUT2D eigenvalue weighted by Gasteiger charge is 2.32. The molecule has 0 aromatic heterocycles. The number of nitrogens with zero attached hydrogens (tertiary/aromatic N) is 1. The van der Waals surface area contributed by atoms with Gasteiger partial charge in [0.2, 0.25) is 15.9 Å². The first kappa shape index (κ1) is 21.5. The number of halogens is 2. The number of anilines is 1. The number of rotatable bonds is 7. The Bertz CT molecular complexity index is 904. The smallest absolute Gasteiger partial charge is 0.244 e. The largest absolute Gasteiger partial charge is 0.348 e. The Balaban J connectivity index is 2.34. The zero-order chi connectivity index (χ0) is 20.2. The highest BCUT2D eigenvalue weighted by molar-refractivity contribution is 7.92. The van der Waals surface area contributed by atoms with Gasteiger partial charge >= 0.3 is 0 Å². The summed E-state index contributed by atoms with van der Waals surface area (Å²) in [6.07, 6.45) is 1.35. The predicted molar refractivity (Wildman–Crippen MR) is 111 cm³/mol. The summed E-state index contributed by atoms with van der Waals surface area (Å²) in [5.74, 6) is -0.384. The molecular weight excluding hydrogens is 407 g/mol. The molecule has 2 aromatic carbocycles. The Hall–Kier alpha value is -1.76. The van der Waals surface area contributed by atoms with Gasteiger partial charge in [-0.2, -0.15) is 0 Å². The fraction of sp³-hybridized carbons (Fsp3) is 0.316. The molecule has 8 heteroatoms. The van der Waals surface area contributed by atoms with Crippen LogP contribution in [0.25, 0.3) is 0 Å². The Labute approximate surface area is 170 Å². The van der Waals surface area contributed by atoms with Gasteiger partial charge in [-0.3, -0.25) is 9.10 Å². The van der Waals surface area contributed by atoms with Crippen LogP contribution in [0.1, 0.15) is 31.9 Å². The van der Waals surface area contributed by atoms with Gasteiger partial charge in [0, 0.05) is 0 Å². The lowest BCUT2D eigenvalue weighted by molar-refractivity contribution is -0.122. The molecule has 2 rings (SSSR count). The highest BCUT2D eigenvalue weighted by atomic mass is 35.5. The van der Waals surface area contributed by atoms with Crippen molar-refractivity contribution in [1.29, 1.82) is 0 Å². The zero-order valence-corrected chi connectivity index (χ0v) is 17.6. The third-order valence-electron chi connectivity index (χ3n) is 4.15. The first-order valence-corrected chi connectivity index (χ1v) is 11.0. The Morgan fingerprint density at radius 2 is 1.74 bits per heavy atom. The minimum Gasteiger partial charge on any atom is -0.348 e. The monoisotopic (exact) mass is 428 g/mol. The summed E-state index contributed by atoms with van der Waals surface area (Å²) in [5, 5.41) is 3.42. The van der Waals surface area contributed by atoms with Crippen molar-refractivity contribution in [3.8, 4) is 0 Å². The topological polar surface area (TPSA) is 66.5 Å². The molecule has 0 spiro atoms. The van der Waals surface area contributed by atoms with Crippen LogP contribution in [-0.2, 0) is 14.8 Å². The lowest BCUT2D eigenvalue weighted by atomic mass is 10.1. The maximum atomic E-state index is 12.9. The maximum absolute atomic E-state index is 12.9. The third kappa shape index (κ3) is 5.37. The fourth-order valence-corrected chi connectivity index (χ4v) is 4.31. The normalized spacial score (nSPS) is 13.7. The maximum Gasteiger partial charge on any atom is 0.244 e. The molecule has 0 aliphatic heterocycles. The van der Waals surface area contributed by atoms with Gasteiger partial charge in [0.15, 0.2) is 0 Å². The molecule has 0 unspecified atom stereocenters. The number of benzene rings is 2. The fourth-order valence-electron chi connectivity index (χ4n) is 2.82. The minimum atomic E-state index is -3.73. The van der Waals surface area contributed by atoms with Crippen molar-refractivity contribution in [3.05, 3.63) is 64.1 Å². The van der Waals surface area contributed by atoms with Crippen LogP contribution in [0.3, 0.4) is 0 Å². The van der Waals surface area contributed by atoms with E-state index in [9.17, 15) is 13.2 Å². The van der Waals surface area contributed by atoms with Crippen molar-refractivity contribution in [2.75, 3.05) is 10.6 Å². The van der Waals surface area contributed by atoms with E-state index in [4.69, 9.17) is 23.2 Å². The van der Waals surface area contributed by atoms with Crippen molar-refractivity contribution in [1.82, 2.24) is 5.32 Å². The Morgan fingerprint density at radius 1 is 1.11 bits per heavy atom. The van der Waals surface area contributed by atoms with Crippen molar-refractivity contribution in [3.63, 3.8) is 0 Å². The molecule has 146 valence electrons. The van der Waals surface area contributed by atoms with Gasteiger partial charge in [-0.05, 0) is 37.1 Å². The number of nitrogens with one attached hydrogen (secondary N) is 1. The molecule has 0 saturated carbocycles. The van der Waals surface area contributed by atoms with Crippen molar-refractivity contribution < 1.29 is 13.2 Å². The van der Waals surface area contributed by atoms with Crippen molar-refractivity contribution in [2.24, 2.45) is 0 Å². The number of carbonyl (C=O) groups excluding carboxylic acids is 1. The van der Waals surface area contributed by atoms with Crippen molar-refractivity contribution >= 4 is 44.8 Å². The molecule has 0 aliphatic carbocycles. The number of sulfonamides is 1. The van der Waals surface area contributed by atoms with E-state index in [0.717, 1.165) is 16.1 Å². The average molecular weight is 429 g/mol. The van der Waals surface area contributed by atoms with Crippen LogP contribution in [0.5, 0.6) is 0 Å². The molecule has 0 aliphatic rings. The van der Waals surface area contributed by atoms with E-state index in [1.54, 1.807) is 6.92 Å². The van der Waals surface area contributed by atoms with Crippen LogP contribution in [-0.4, -0.2) is 26.6 Å². The summed E-state index contributed by atoms with van der Waals surface area (Å²) in [6.45, 7) is 3.61. The van der Waals surface area contributed by atoms with Gasteiger partial charge in [-0.15, -0.1) is 0 Å². The molecule has 1 N–H and O–H groups in total. The van der Waals surface area contributed by atoms with E-state index in [-0.39, 0.29) is 17.0 Å². The minimum absolute atomic E-state index is 0.218. The average Bonchev–Trinajstić information content (AvgIpc) is 2.61. The van der Waals surface area contributed by atoms with E-state index in [2.05, 4.69) is 5.32 Å². The highest BCUT2D eigenvalue weighted by Crippen LogP contribution is 2.30. The molecule has 2 aromatic rings. The molecule has 0 fully saturated rings. The Morgan fingerprint density at radius 3 is 2.26 bits per heavy atom. The molecule has 0 saturated heterocycles. The molecule has 27 heavy (non-hydrogen) atoms. The standard InChI is InChI=1S/C19H22Cl2N2O3S/c1-4-18(19(24)22-13(2)14-8-6-5-7-9-14)23(27(3,25)26)15-10-11-16(20)17(21)12-15/h5-13,18H,4H2,1-3H3,(H,22,24)/t13-,18-/m1/s1. The van der Waals surface area contributed by atoms with E-state index in [1.165, 1.54) is 18.2 Å². The molecule has 0 heterocycles. The summed E-state index contributed by atoms with van der Waals surface area (Å²) in [4.78, 5) is 12.9. The van der Waals surface area contributed by atoms with E-state index >= 15 is 0 Å². The predicted octanol–water partition coefficient (Wildman–Crippen LogP) is 4.42. The SMILES string of the molecule is CC[C@H](C(=O)N[C@H](C)c1ccccc1)N(c1ccc(Cl)c(Cl)c1)S(C)(=O)=O. The van der Waals surface area contributed by atoms with E-state index in [0.29, 0.717) is 17.1 Å². The zero-order valence-electron chi connectivity index (χ0n) is 15.3. The molecule has 5 nitrogen and oxygen atoms in total. The van der Waals surface area contributed by atoms with Crippen LogP contribution >= 0.6 is 23.2 Å². The molecule has 2 atom stereocenters. The summed E-state index contributed by atoms with van der Waals surface area (Å²) < 4.78 is 26.0. The van der Waals surface area contributed by atoms with Gasteiger partial charge in [0.25, 0.3) is 0 Å². The summed E-state index contributed by atoms with van der Waals surface area (Å²) in [5.41, 5.74) is 1.22. The van der Waals surface area contributed by atoms with Gasteiger partial charge < -0.3 is 5.32 Å². The first-order chi connectivity index (χ1) is 12.6. The first-order valence-electron chi connectivity index (χ1n) is 8.45. The summed E-state index contributed by atoms with van der Waals surface area (Å²) in [6, 6.07) is 12.8. The van der Waals surface area contributed by atoms with Gasteiger partial charge in [-0.25, -0.2) is 8.42 Å². The number of carbonyl (C=O) groups is 1. The van der Waals surface area contributed by atoms with Gasteiger partial charge in [0.1, 0.15) is 6.04 Å². The molecule has 0 bridgehead atoms. The molecule has 0 radical (unpaired) electrons. The quantitative estimate of drug-likeness (QED) is 0.709. The second kappa shape index (κ2) is 8.95. The van der Waals surface area contributed by atoms with Crippen LogP contribution in [0.2, 0.25) is 10.0 Å². The number of hydrogen-bond acceptors (Lipinski definition) is 3. The molecular formula is C19H22Cl2N2O3S. The van der Waals surface area contributed by atoms with Crippen LogP contribution in [0.15, 0.2) is 48.5 Å². The second-order valence-corrected chi connectivity index (χ2v) is 8.90. The lowest BCUT2D eigenvalue weighted by Crippen LogP contribution is -2.49. The Kier molecular flexibility index (Phi) is 7.14. The van der Waals surface area contributed by atoms with Crippen LogP contribution in [0, 0.1) is 0 Å². The van der Waals surface area contributed by atoms with Crippen LogP contribution in [0.4, 0.5) is 5.69 Å². The number of amides is 1.